The predicted molar refractivity (Wildman–Crippen MR) is 77.3 cm³/mol. The summed E-state index contributed by atoms with van der Waals surface area (Å²) < 4.78 is 0. The summed E-state index contributed by atoms with van der Waals surface area (Å²) in [6, 6.07) is 10.0. The molecule has 2 aromatic heterocycles. The van der Waals surface area contributed by atoms with Crippen LogP contribution >= 0.6 is 0 Å². The molecule has 0 unspecified atom stereocenters. The Morgan fingerprint density at radius 1 is 1.25 bits per heavy atom. The minimum atomic E-state index is 0.104. The number of amides is 1. The van der Waals surface area contributed by atoms with Crippen LogP contribution in [0.5, 0.6) is 0 Å². The molecular formula is C16H13N3O. The fourth-order valence-electron chi connectivity index (χ4n) is 2.83. The zero-order valence-electron chi connectivity index (χ0n) is 11.1. The molecule has 3 aromatic rings. The average molecular weight is 263 g/mol. The summed E-state index contributed by atoms with van der Waals surface area (Å²) >= 11 is 0. The smallest absolute Gasteiger partial charge is 0.254 e. The Balaban J connectivity index is 1.88. The van der Waals surface area contributed by atoms with E-state index in [2.05, 4.69) is 22.1 Å². The summed E-state index contributed by atoms with van der Waals surface area (Å²) in [5, 5.41) is 1.10. The van der Waals surface area contributed by atoms with E-state index in [9.17, 15) is 4.79 Å². The predicted octanol–water partition coefficient (Wildman–Crippen LogP) is 2.82. The number of benzene rings is 1. The number of fused-ring (bicyclic) bond motifs is 2. The Morgan fingerprint density at radius 2 is 2.15 bits per heavy atom. The van der Waals surface area contributed by atoms with E-state index < -0.39 is 0 Å². The van der Waals surface area contributed by atoms with Crippen molar-refractivity contribution in [2.45, 2.75) is 6.54 Å². The number of hydrogen-bond acceptors (Lipinski definition) is 2. The number of H-pyrrole nitrogens is 1. The number of hydrogen-bond donors (Lipinski definition) is 1. The fraction of sp³-hybridized carbons (Fsp3) is 0.125. The lowest BCUT2D eigenvalue weighted by Crippen LogP contribution is -2.17. The lowest BCUT2D eigenvalue weighted by molar-refractivity contribution is 0.0816. The minimum absolute atomic E-state index is 0.104. The van der Waals surface area contributed by atoms with Crippen LogP contribution in [-0.2, 0) is 6.54 Å². The van der Waals surface area contributed by atoms with Crippen LogP contribution in [0.4, 0.5) is 0 Å². The van der Waals surface area contributed by atoms with Crippen molar-refractivity contribution in [2.24, 2.45) is 0 Å². The molecule has 20 heavy (non-hydrogen) atoms. The number of pyridine rings is 1. The summed E-state index contributed by atoms with van der Waals surface area (Å²) in [5.74, 6) is 0.104. The Kier molecular flexibility index (Phi) is 2.21. The Morgan fingerprint density at radius 3 is 3.05 bits per heavy atom. The number of carbonyl (C=O) groups is 1. The molecule has 0 saturated heterocycles. The Bertz CT molecular complexity index is 835. The molecular weight excluding hydrogens is 250 g/mol. The first kappa shape index (κ1) is 11.2. The van der Waals surface area contributed by atoms with Crippen molar-refractivity contribution < 1.29 is 4.79 Å². The highest BCUT2D eigenvalue weighted by Crippen LogP contribution is 2.31. The van der Waals surface area contributed by atoms with Crippen LogP contribution in [0.3, 0.4) is 0 Å². The van der Waals surface area contributed by atoms with Gasteiger partial charge in [0.1, 0.15) is 5.65 Å². The van der Waals surface area contributed by atoms with E-state index in [0.717, 1.165) is 33.3 Å². The Labute approximate surface area is 116 Å². The maximum atomic E-state index is 11.9. The standard InChI is InChI=1S/C16H13N3O/c1-19-9-11-7-10(4-5-12(11)16(19)20)14-8-18-15-13(14)3-2-6-17-15/h2-8H,9H2,1H3,(H,17,18). The van der Waals surface area contributed by atoms with Crippen molar-refractivity contribution >= 4 is 16.9 Å². The van der Waals surface area contributed by atoms with Gasteiger partial charge >= 0.3 is 0 Å². The second kappa shape index (κ2) is 3.93. The van der Waals surface area contributed by atoms with Crippen LogP contribution in [0.1, 0.15) is 15.9 Å². The molecule has 0 fully saturated rings. The topological polar surface area (TPSA) is 49.0 Å². The molecule has 0 saturated carbocycles. The highest BCUT2D eigenvalue weighted by molar-refractivity contribution is 6.00. The van der Waals surface area contributed by atoms with Crippen LogP contribution in [0.25, 0.3) is 22.2 Å². The molecule has 1 amide bonds. The van der Waals surface area contributed by atoms with E-state index in [-0.39, 0.29) is 5.91 Å². The van der Waals surface area contributed by atoms with E-state index in [0.29, 0.717) is 6.54 Å². The Hall–Kier alpha value is -2.62. The van der Waals surface area contributed by atoms with Gasteiger partial charge in [-0.1, -0.05) is 6.07 Å². The van der Waals surface area contributed by atoms with E-state index in [4.69, 9.17) is 0 Å². The molecule has 1 aliphatic rings. The van der Waals surface area contributed by atoms with Gasteiger partial charge in [-0.3, -0.25) is 4.79 Å². The molecule has 1 aliphatic heterocycles. The van der Waals surface area contributed by atoms with Crippen LogP contribution in [0.2, 0.25) is 0 Å². The van der Waals surface area contributed by atoms with Gasteiger partial charge in [-0.25, -0.2) is 4.98 Å². The number of rotatable bonds is 1. The van der Waals surface area contributed by atoms with Crippen LogP contribution in [0.15, 0.2) is 42.7 Å². The molecule has 4 nitrogen and oxygen atoms in total. The van der Waals surface area contributed by atoms with E-state index >= 15 is 0 Å². The fourth-order valence-corrected chi connectivity index (χ4v) is 2.83. The summed E-state index contributed by atoms with van der Waals surface area (Å²) in [6.07, 6.45) is 3.75. The van der Waals surface area contributed by atoms with Gasteiger partial charge in [-0.05, 0) is 35.4 Å². The second-order valence-electron chi connectivity index (χ2n) is 5.14. The summed E-state index contributed by atoms with van der Waals surface area (Å²) in [7, 11) is 1.83. The lowest BCUT2D eigenvalue weighted by atomic mass is 10.0. The second-order valence-corrected chi connectivity index (χ2v) is 5.14. The number of nitrogens with one attached hydrogen (secondary N) is 1. The van der Waals surface area contributed by atoms with Crippen molar-refractivity contribution in [3.8, 4) is 11.1 Å². The molecule has 0 bridgehead atoms. The monoisotopic (exact) mass is 263 g/mol. The van der Waals surface area contributed by atoms with Crippen molar-refractivity contribution in [3.05, 3.63) is 53.9 Å². The van der Waals surface area contributed by atoms with Crippen molar-refractivity contribution in [3.63, 3.8) is 0 Å². The molecule has 1 N–H and O–H groups in total. The highest BCUT2D eigenvalue weighted by Gasteiger charge is 2.24. The summed E-state index contributed by atoms with van der Waals surface area (Å²) in [4.78, 5) is 21.1. The maximum Gasteiger partial charge on any atom is 0.254 e. The lowest BCUT2D eigenvalue weighted by Gasteiger charge is -2.04. The average Bonchev–Trinajstić information content (AvgIpc) is 3.01. The third-order valence-corrected chi connectivity index (χ3v) is 3.85. The molecule has 4 heteroatoms. The minimum Gasteiger partial charge on any atom is -0.346 e. The molecule has 0 atom stereocenters. The van der Waals surface area contributed by atoms with Crippen LogP contribution < -0.4 is 0 Å². The SMILES string of the molecule is CN1Cc2cc(-c3c[nH]c4ncccc34)ccc2C1=O. The van der Waals surface area contributed by atoms with Crippen molar-refractivity contribution in [1.82, 2.24) is 14.9 Å². The number of aromatic amines is 1. The zero-order chi connectivity index (χ0) is 13.7. The van der Waals surface area contributed by atoms with Gasteiger partial charge in [0.05, 0.1) is 0 Å². The van der Waals surface area contributed by atoms with Gasteiger partial charge in [-0.2, -0.15) is 0 Å². The normalized spacial score (nSPS) is 14.1. The molecule has 0 spiro atoms. The molecule has 98 valence electrons. The maximum absolute atomic E-state index is 11.9. The van der Waals surface area contributed by atoms with E-state index in [1.807, 2.05) is 31.4 Å². The molecule has 0 radical (unpaired) electrons. The van der Waals surface area contributed by atoms with Crippen LogP contribution in [0, 0.1) is 0 Å². The molecule has 1 aromatic carbocycles. The largest absolute Gasteiger partial charge is 0.346 e. The number of aromatic nitrogens is 2. The molecule has 0 aliphatic carbocycles. The first-order valence-electron chi connectivity index (χ1n) is 6.55. The number of carbonyl (C=O) groups excluding carboxylic acids is 1. The third-order valence-electron chi connectivity index (χ3n) is 3.85. The van der Waals surface area contributed by atoms with Gasteiger partial charge in [-0.15, -0.1) is 0 Å². The van der Waals surface area contributed by atoms with Crippen molar-refractivity contribution in [1.29, 1.82) is 0 Å². The van der Waals surface area contributed by atoms with E-state index in [1.165, 1.54) is 0 Å². The third kappa shape index (κ3) is 1.48. The zero-order valence-corrected chi connectivity index (χ0v) is 11.1. The number of nitrogens with zero attached hydrogens (tertiary/aromatic N) is 2. The van der Waals surface area contributed by atoms with Gasteiger partial charge in [0, 0.05) is 42.5 Å². The van der Waals surface area contributed by atoms with E-state index in [1.54, 1.807) is 11.1 Å². The first-order chi connectivity index (χ1) is 9.74. The van der Waals surface area contributed by atoms with Gasteiger partial charge in [0.25, 0.3) is 5.91 Å². The first-order valence-corrected chi connectivity index (χ1v) is 6.55. The van der Waals surface area contributed by atoms with Crippen molar-refractivity contribution in [2.75, 3.05) is 7.05 Å². The molecule has 3 heterocycles. The molecule has 4 rings (SSSR count). The van der Waals surface area contributed by atoms with Gasteiger partial charge in [0.2, 0.25) is 0 Å². The quantitative estimate of drug-likeness (QED) is 0.734. The van der Waals surface area contributed by atoms with Crippen LogP contribution in [-0.4, -0.2) is 27.8 Å². The van der Waals surface area contributed by atoms with Gasteiger partial charge in [0.15, 0.2) is 0 Å². The summed E-state index contributed by atoms with van der Waals surface area (Å²) in [6.45, 7) is 0.683. The van der Waals surface area contributed by atoms with Gasteiger partial charge < -0.3 is 9.88 Å². The highest BCUT2D eigenvalue weighted by atomic mass is 16.2. The summed E-state index contributed by atoms with van der Waals surface area (Å²) in [5.41, 5.74) is 5.03.